The van der Waals surface area contributed by atoms with Crippen LogP contribution in [0.2, 0.25) is 5.02 Å². The second-order valence-electron chi connectivity index (χ2n) is 16.2. The van der Waals surface area contributed by atoms with Crippen molar-refractivity contribution in [3.05, 3.63) is 52.8 Å². The number of hydrogen-bond donors (Lipinski definition) is 0. The molecular formula is C41H48ClF2N5O5. The molecule has 4 atom stereocenters. The van der Waals surface area contributed by atoms with Gasteiger partial charge in [-0.15, -0.1) is 0 Å². The molecule has 4 fully saturated rings. The van der Waals surface area contributed by atoms with Crippen LogP contribution in [0.15, 0.2) is 36.4 Å². The maximum Gasteiger partial charge on any atom is 0.410 e. The summed E-state index contributed by atoms with van der Waals surface area (Å²) in [6.07, 6.45) is 3.23. The molecule has 4 aliphatic heterocycles. The summed E-state index contributed by atoms with van der Waals surface area (Å²) < 4.78 is 53.4. The molecule has 2 bridgehead atoms. The van der Waals surface area contributed by atoms with E-state index in [0.717, 1.165) is 48.4 Å². The molecule has 0 N–H and O–H groups in total. The highest BCUT2D eigenvalue weighted by Crippen LogP contribution is 2.45. The Morgan fingerprint density at radius 1 is 1.04 bits per heavy atom. The van der Waals surface area contributed by atoms with Gasteiger partial charge >= 0.3 is 12.1 Å². The lowest BCUT2D eigenvalue weighted by Crippen LogP contribution is -2.57. The second kappa shape index (κ2) is 14.3. The molecule has 0 aliphatic carbocycles. The average Bonchev–Trinajstić information content (AvgIpc) is 3.75. The van der Waals surface area contributed by atoms with E-state index < -0.39 is 17.3 Å². The minimum Gasteiger partial charge on any atom is -0.468 e. The van der Waals surface area contributed by atoms with Crippen molar-refractivity contribution in [3.8, 4) is 22.9 Å². The largest absolute Gasteiger partial charge is 0.468 e. The number of alkyl halides is 1. The molecule has 1 aromatic heterocycles. The number of aryl methyl sites for hydroxylation is 1. The smallest absolute Gasteiger partial charge is 0.410 e. The topological polar surface area (TPSA) is 89.5 Å². The van der Waals surface area contributed by atoms with Crippen LogP contribution in [-0.4, -0.2) is 102 Å². The molecule has 2 unspecified atom stereocenters. The fraction of sp³-hybridized carbons (Fsp3) is 0.537. The Bertz CT molecular complexity index is 2080. The van der Waals surface area contributed by atoms with E-state index in [1.807, 2.05) is 56.9 Å². The molecule has 1 amide bonds. The predicted molar refractivity (Wildman–Crippen MR) is 205 cm³/mol. The Hall–Kier alpha value is -4.00. The summed E-state index contributed by atoms with van der Waals surface area (Å²) in [5.74, 6) is 0.914. The monoisotopic (exact) mass is 763 g/mol. The standard InChI is InChI=1S/C41H48ClF2N5O5/c1-6-29-33(44)13-8-24-16-28(53-23-51-5)17-32(34(24)29)30-11-12-31-36(35(30)42)45-38(52-22-41-14-7-15-48(41)19-25(43)18-41)46-37(31)47-20-26-9-10-27(21-47)49(26)39(50)54-40(2,3)4/h8,11-13,16-17,25-27H,6-7,9-10,14-15,18-23H2,1-5H3/t25-,26?,27?,41+/m1/s1. The molecule has 4 aliphatic rings. The van der Waals surface area contributed by atoms with Crippen LogP contribution in [0.1, 0.15) is 65.4 Å². The Labute approximate surface area is 319 Å². The predicted octanol–water partition coefficient (Wildman–Crippen LogP) is 8.33. The van der Waals surface area contributed by atoms with E-state index in [2.05, 4.69) is 9.80 Å². The molecule has 0 radical (unpaired) electrons. The summed E-state index contributed by atoms with van der Waals surface area (Å²) in [4.78, 5) is 29.6. The number of benzene rings is 3. The molecule has 288 valence electrons. The van der Waals surface area contributed by atoms with E-state index in [-0.39, 0.29) is 43.4 Å². The highest BCUT2D eigenvalue weighted by molar-refractivity contribution is 6.38. The van der Waals surface area contributed by atoms with E-state index in [1.165, 1.54) is 6.07 Å². The third-order valence-electron chi connectivity index (χ3n) is 11.5. The van der Waals surface area contributed by atoms with E-state index >= 15 is 4.39 Å². The van der Waals surface area contributed by atoms with Crippen molar-refractivity contribution in [1.29, 1.82) is 0 Å². The first-order valence-electron chi connectivity index (χ1n) is 19.0. The number of rotatable bonds is 9. The first kappa shape index (κ1) is 36.9. The molecule has 8 rings (SSSR count). The van der Waals surface area contributed by atoms with Gasteiger partial charge in [0.25, 0.3) is 0 Å². The van der Waals surface area contributed by atoms with Crippen molar-refractivity contribution >= 4 is 45.2 Å². The van der Waals surface area contributed by atoms with Gasteiger partial charge in [-0.3, -0.25) is 9.80 Å². The van der Waals surface area contributed by atoms with Crippen molar-refractivity contribution in [1.82, 2.24) is 19.8 Å². The van der Waals surface area contributed by atoms with Crippen molar-refractivity contribution in [2.45, 2.75) is 95.6 Å². The summed E-state index contributed by atoms with van der Waals surface area (Å²) in [5.41, 5.74) is 1.41. The van der Waals surface area contributed by atoms with Crippen LogP contribution < -0.4 is 14.4 Å². The number of piperazine rings is 1. The van der Waals surface area contributed by atoms with Crippen LogP contribution in [0.4, 0.5) is 19.4 Å². The van der Waals surface area contributed by atoms with Crippen LogP contribution >= 0.6 is 11.6 Å². The third kappa shape index (κ3) is 6.68. The van der Waals surface area contributed by atoms with Gasteiger partial charge in [0.1, 0.15) is 35.8 Å². The number of amides is 1. The van der Waals surface area contributed by atoms with Crippen molar-refractivity contribution < 1.29 is 32.5 Å². The first-order chi connectivity index (χ1) is 25.9. The van der Waals surface area contributed by atoms with Gasteiger partial charge in [-0.2, -0.15) is 9.97 Å². The number of methoxy groups -OCH3 is 1. The number of aromatic nitrogens is 2. The van der Waals surface area contributed by atoms with E-state index in [1.54, 1.807) is 13.2 Å². The van der Waals surface area contributed by atoms with Gasteiger partial charge in [0, 0.05) is 44.1 Å². The molecule has 3 aromatic carbocycles. The zero-order valence-electron chi connectivity index (χ0n) is 31.6. The lowest BCUT2D eigenvalue weighted by Gasteiger charge is -2.42. The average molecular weight is 764 g/mol. The zero-order valence-corrected chi connectivity index (χ0v) is 32.3. The number of fused-ring (bicyclic) bond motifs is 5. The van der Waals surface area contributed by atoms with Gasteiger partial charge in [-0.05, 0) is 106 Å². The number of ether oxygens (including phenoxy) is 4. The number of nitrogens with zero attached hydrogens (tertiary/aromatic N) is 5. The fourth-order valence-corrected chi connectivity index (χ4v) is 9.54. The zero-order chi connectivity index (χ0) is 37.9. The van der Waals surface area contributed by atoms with Crippen LogP contribution in [0.5, 0.6) is 11.8 Å². The summed E-state index contributed by atoms with van der Waals surface area (Å²) in [6.45, 7) is 10.2. The van der Waals surface area contributed by atoms with Crippen LogP contribution in [0.25, 0.3) is 32.8 Å². The molecular weight excluding hydrogens is 716 g/mol. The van der Waals surface area contributed by atoms with Crippen molar-refractivity contribution in [2.75, 3.05) is 51.6 Å². The molecule has 0 spiro atoms. The summed E-state index contributed by atoms with van der Waals surface area (Å²) >= 11 is 7.43. The third-order valence-corrected chi connectivity index (χ3v) is 11.9. The van der Waals surface area contributed by atoms with E-state index in [0.29, 0.717) is 71.3 Å². The van der Waals surface area contributed by atoms with E-state index in [4.69, 9.17) is 40.5 Å². The molecule has 4 aromatic rings. The normalized spacial score (nSPS) is 24.1. The van der Waals surface area contributed by atoms with Crippen LogP contribution in [-0.2, 0) is 15.9 Å². The maximum atomic E-state index is 15.4. The summed E-state index contributed by atoms with van der Waals surface area (Å²) in [6, 6.07) is 10.9. The SMILES string of the molecule is CCc1c(F)ccc2cc(OCOC)cc(-c3ccc4c(N5CC6CCC(C5)N6C(=O)OC(C)(C)C)nc(OC[C@@]56CCCN5C[C@H](F)C6)nc4c3Cl)c12. The van der Waals surface area contributed by atoms with Gasteiger partial charge in [0.2, 0.25) is 0 Å². The van der Waals surface area contributed by atoms with E-state index in [9.17, 15) is 9.18 Å². The maximum absolute atomic E-state index is 15.4. The van der Waals surface area contributed by atoms with Crippen LogP contribution in [0.3, 0.4) is 0 Å². The Balaban J connectivity index is 1.24. The quantitative estimate of drug-likeness (QED) is 0.156. The molecule has 10 nitrogen and oxygen atoms in total. The molecule has 4 saturated heterocycles. The van der Waals surface area contributed by atoms with Gasteiger partial charge in [0.15, 0.2) is 6.79 Å². The minimum atomic E-state index is -0.896. The Kier molecular flexibility index (Phi) is 9.75. The number of anilines is 1. The number of hydrogen-bond acceptors (Lipinski definition) is 9. The van der Waals surface area contributed by atoms with Gasteiger partial charge in [-0.1, -0.05) is 30.7 Å². The summed E-state index contributed by atoms with van der Waals surface area (Å²) in [7, 11) is 1.55. The second-order valence-corrected chi connectivity index (χ2v) is 16.6. The molecule has 13 heteroatoms. The van der Waals surface area contributed by atoms with Gasteiger partial charge < -0.3 is 23.8 Å². The fourth-order valence-electron chi connectivity index (χ4n) is 9.23. The first-order valence-corrected chi connectivity index (χ1v) is 19.4. The summed E-state index contributed by atoms with van der Waals surface area (Å²) in [5, 5.41) is 2.64. The lowest BCUT2D eigenvalue weighted by molar-refractivity contribution is 0.0122. The number of carbonyl (C=O) groups is 1. The Morgan fingerprint density at radius 2 is 1.81 bits per heavy atom. The number of carbonyl (C=O) groups excluding carboxylic acids is 1. The minimum absolute atomic E-state index is 0.0424. The molecule has 0 saturated carbocycles. The number of halogens is 3. The highest BCUT2D eigenvalue weighted by atomic mass is 35.5. The van der Waals surface area contributed by atoms with Crippen LogP contribution in [0, 0.1) is 5.82 Å². The van der Waals surface area contributed by atoms with Crippen molar-refractivity contribution in [3.63, 3.8) is 0 Å². The highest BCUT2D eigenvalue weighted by Gasteiger charge is 2.50. The molecule has 5 heterocycles. The Morgan fingerprint density at radius 3 is 2.54 bits per heavy atom. The molecule has 54 heavy (non-hydrogen) atoms. The lowest BCUT2D eigenvalue weighted by atomic mass is 9.92. The van der Waals surface area contributed by atoms with Gasteiger partial charge in [-0.25, -0.2) is 13.6 Å². The van der Waals surface area contributed by atoms with Crippen molar-refractivity contribution in [2.24, 2.45) is 0 Å². The van der Waals surface area contributed by atoms with Gasteiger partial charge in [0.05, 0.1) is 28.2 Å².